The average molecular weight is 543 g/mol. The molecule has 9 heteroatoms. The molecule has 0 unspecified atom stereocenters. The van der Waals surface area contributed by atoms with Crippen LogP contribution in [0.15, 0.2) is 76.2 Å². The van der Waals surface area contributed by atoms with E-state index in [9.17, 15) is 13.2 Å². The lowest BCUT2D eigenvalue weighted by atomic mass is 10.1. The normalized spacial score (nSPS) is 11.5. The van der Waals surface area contributed by atoms with Crippen molar-refractivity contribution in [2.45, 2.75) is 31.8 Å². The minimum Gasteiger partial charge on any atom is -0.489 e. The number of para-hydroxylation sites is 1. The highest BCUT2D eigenvalue weighted by Crippen LogP contribution is 2.29. The summed E-state index contributed by atoms with van der Waals surface area (Å²) in [6, 6.07) is 17.5. The van der Waals surface area contributed by atoms with E-state index in [-0.39, 0.29) is 23.9 Å². The fourth-order valence-corrected chi connectivity index (χ4v) is 5.38. The number of carbonyl (C=O) groups is 1. The molecule has 176 valence electrons. The second kappa shape index (κ2) is 9.99. The maximum Gasteiger partial charge on any atom is 0.310 e. The van der Waals surface area contributed by atoms with E-state index < -0.39 is 10.0 Å². The molecule has 0 fully saturated rings. The number of aromatic nitrogens is 2. The number of ether oxygens (including phenoxy) is 2. The van der Waals surface area contributed by atoms with Gasteiger partial charge in [-0.3, -0.25) is 4.79 Å². The fourth-order valence-electron chi connectivity index (χ4n) is 3.52. The summed E-state index contributed by atoms with van der Waals surface area (Å²) in [4.78, 5) is 12.1. The Morgan fingerprint density at radius 1 is 1.09 bits per heavy atom. The summed E-state index contributed by atoms with van der Waals surface area (Å²) in [7, 11) is -3.87. The first-order valence-corrected chi connectivity index (χ1v) is 12.9. The van der Waals surface area contributed by atoms with Crippen molar-refractivity contribution >= 4 is 42.8 Å². The van der Waals surface area contributed by atoms with E-state index in [0.29, 0.717) is 33.3 Å². The molecule has 0 radical (unpaired) electrons. The number of aryl methyl sites for hydroxylation is 1. The average Bonchev–Trinajstić information content (AvgIpc) is 3.24. The molecule has 0 bridgehead atoms. The number of rotatable bonds is 8. The van der Waals surface area contributed by atoms with Gasteiger partial charge >= 0.3 is 5.97 Å². The third-order valence-corrected chi connectivity index (χ3v) is 7.49. The summed E-state index contributed by atoms with van der Waals surface area (Å²) in [5.41, 5.74) is 2.86. The first-order valence-electron chi connectivity index (χ1n) is 10.6. The maximum absolute atomic E-state index is 13.2. The summed E-state index contributed by atoms with van der Waals surface area (Å²) < 4.78 is 39.2. The van der Waals surface area contributed by atoms with Crippen LogP contribution in [0.4, 0.5) is 0 Å². The predicted molar refractivity (Wildman–Crippen MR) is 132 cm³/mol. The summed E-state index contributed by atoms with van der Waals surface area (Å²) >= 11 is 3.52. The largest absolute Gasteiger partial charge is 0.489 e. The van der Waals surface area contributed by atoms with Crippen molar-refractivity contribution in [3.05, 3.63) is 88.0 Å². The van der Waals surface area contributed by atoms with Crippen LogP contribution in [0.3, 0.4) is 0 Å². The van der Waals surface area contributed by atoms with Crippen molar-refractivity contribution in [3.8, 4) is 5.75 Å². The molecule has 0 aliphatic carbocycles. The summed E-state index contributed by atoms with van der Waals surface area (Å²) in [6.45, 7) is 4.14. The monoisotopic (exact) mass is 542 g/mol. The van der Waals surface area contributed by atoms with Crippen LogP contribution < -0.4 is 4.74 Å². The minimum atomic E-state index is -3.87. The van der Waals surface area contributed by atoms with Gasteiger partial charge in [-0.25, -0.2) is 0 Å². The van der Waals surface area contributed by atoms with Gasteiger partial charge in [0.2, 0.25) is 0 Å². The van der Waals surface area contributed by atoms with Gasteiger partial charge in [-0.1, -0.05) is 51.8 Å². The number of benzene rings is 3. The van der Waals surface area contributed by atoms with Crippen molar-refractivity contribution in [2.75, 3.05) is 6.61 Å². The molecule has 34 heavy (non-hydrogen) atoms. The second-order valence-electron chi connectivity index (χ2n) is 7.69. The van der Waals surface area contributed by atoms with Crippen molar-refractivity contribution in [1.29, 1.82) is 0 Å². The number of hydrogen-bond donors (Lipinski definition) is 0. The molecule has 4 aromatic rings. The van der Waals surface area contributed by atoms with Crippen LogP contribution in [0.25, 0.3) is 10.9 Å². The number of carbonyl (C=O) groups excluding carboxylic acids is 1. The second-order valence-corrected chi connectivity index (χ2v) is 10.3. The third kappa shape index (κ3) is 5.00. The van der Waals surface area contributed by atoms with Gasteiger partial charge < -0.3 is 9.47 Å². The number of fused-ring (bicyclic) bond motifs is 1. The van der Waals surface area contributed by atoms with Gasteiger partial charge in [-0.05, 0) is 49.7 Å². The van der Waals surface area contributed by atoms with Gasteiger partial charge in [-0.15, -0.1) is 0 Å². The molecule has 1 heterocycles. The van der Waals surface area contributed by atoms with Gasteiger partial charge in [0.15, 0.2) is 0 Å². The van der Waals surface area contributed by atoms with E-state index in [4.69, 9.17) is 9.47 Å². The van der Waals surface area contributed by atoms with E-state index >= 15 is 0 Å². The van der Waals surface area contributed by atoms with Crippen molar-refractivity contribution in [1.82, 2.24) is 9.19 Å². The van der Waals surface area contributed by atoms with Crippen molar-refractivity contribution in [2.24, 2.45) is 0 Å². The molecule has 0 N–H and O–H groups in total. The van der Waals surface area contributed by atoms with E-state index in [1.807, 2.05) is 31.2 Å². The quantitative estimate of drug-likeness (QED) is 0.290. The van der Waals surface area contributed by atoms with Crippen molar-refractivity contribution < 1.29 is 22.7 Å². The molecule has 0 atom stereocenters. The standard InChI is InChI=1S/C25H23BrN2O5S/c1-3-32-25(29)14-19-6-4-5-7-24(19)33-16-18-12-22(26)21-15-27-28(23(21)13-18)34(30,31)20-10-8-17(2)9-11-20/h4-13,15H,3,14,16H2,1-2H3. The molecular formula is C25H23BrN2O5S. The fraction of sp³-hybridized carbons (Fsp3) is 0.200. The molecule has 0 saturated carbocycles. The predicted octanol–water partition coefficient (Wildman–Crippen LogP) is 5.03. The number of esters is 1. The third-order valence-electron chi connectivity index (χ3n) is 5.22. The molecular weight excluding hydrogens is 520 g/mol. The van der Waals surface area contributed by atoms with Crippen LogP contribution >= 0.6 is 15.9 Å². The van der Waals surface area contributed by atoms with Crippen LogP contribution in [0.5, 0.6) is 5.75 Å². The summed E-state index contributed by atoms with van der Waals surface area (Å²) in [5, 5.41) is 4.83. The highest BCUT2D eigenvalue weighted by atomic mass is 79.9. The maximum atomic E-state index is 13.2. The molecule has 0 aliphatic heterocycles. The Morgan fingerprint density at radius 2 is 1.82 bits per heavy atom. The lowest BCUT2D eigenvalue weighted by Crippen LogP contribution is -2.14. The summed E-state index contributed by atoms with van der Waals surface area (Å²) in [5.74, 6) is 0.237. The first kappa shape index (κ1) is 24.0. The highest BCUT2D eigenvalue weighted by Gasteiger charge is 2.22. The van der Waals surface area contributed by atoms with Gasteiger partial charge in [0, 0.05) is 15.4 Å². The van der Waals surface area contributed by atoms with Crippen LogP contribution in [0.1, 0.15) is 23.6 Å². The van der Waals surface area contributed by atoms with E-state index in [0.717, 1.165) is 15.2 Å². The number of hydrogen-bond acceptors (Lipinski definition) is 6. The van der Waals surface area contributed by atoms with Crippen LogP contribution in [0.2, 0.25) is 0 Å². The van der Waals surface area contributed by atoms with Crippen molar-refractivity contribution in [3.63, 3.8) is 0 Å². The smallest absolute Gasteiger partial charge is 0.310 e. The highest BCUT2D eigenvalue weighted by molar-refractivity contribution is 9.10. The molecule has 0 amide bonds. The zero-order valence-corrected chi connectivity index (χ0v) is 21.1. The molecule has 7 nitrogen and oxygen atoms in total. The Bertz CT molecular complexity index is 1450. The molecule has 0 aliphatic rings. The SMILES string of the molecule is CCOC(=O)Cc1ccccc1OCc1cc(Br)c2cnn(S(=O)(=O)c3ccc(C)cc3)c2c1. The van der Waals surface area contributed by atoms with Crippen LogP contribution in [-0.2, 0) is 32.6 Å². The molecule has 1 aromatic heterocycles. The van der Waals surface area contributed by atoms with Crippen LogP contribution in [0, 0.1) is 6.92 Å². The minimum absolute atomic E-state index is 0.105. The topological polar surface area (TPSA) is 87.5 Å². The molecule has 0 saturated heterocycles. The molecule has 4 rings (SSSR count). The number of halogens is 1. The first-order chi connectivity index (χ1) is 16.3. The Kier molecular flexibility index (Phi) is 7.04. The molecule has 3 aromatic carbocycles. The van der Waals surface area contributed by atoms with Gasteiger partial charge in [0.25, 0.3) is 10.0 Å². The van der Waals surface area contributed by atoms with Gasteiger partial charge in [0.1, 0.15) is 12.4 Å². The number of nitrogens with zero attached hydrogens (tertiary/aromatic N) is 2. The van der Waals surface area contributed by atoms with E-state index in [1.54, 1.807) is 43.3 Å². The summed E-state index contributed by atoms with van der Waals surface area (Å²) in [6.07, 6.45) is 1.62. The Hall–Kier alpha value is -3.17. The molecule has 0 spiro atoms. The Labute approximate surface area is 206 Å². The lowest BCUT2D eigenvalue weighted by Gasteiger charge is -2.12. The Balaban J connectivity index is 1.64. The Morgan fingerprint density at radius 3 is 2.56 bits per heavy atom. The zero-order valence-electron chi connectivity index (χ0n) is 18.7. The van der Waals surface area contributed by atoms with E-state index in [2.05, 4.69) is 21.0 Å². The zero-order chi connectivity index (χ0) is 24.3. The van der Waals surface area contributed by atoms with Gasteiger partial charge in [-0.2, -0.15) is 17.6 Å². The van der Waals surface area contributed by atoms with Crippen LogP contribution in [-0.4, -0.2) is 30.2 Å². The lowest BCUT2D eigenvalue weighted by molar-refractivity contribution is -0.142. The van der Waals surface area contributed by atoms with Gasteiger partial charge in [0.05, 0.1) is 29.6 Å². The van der Waals surface area contributed by atoms with E-state index in [1.165, 1.54) is 6.20 Å².